The van der Waals surface area contributed by atoms with Gasteiger partial charge in [0.25, 0.3) is 10.9 Å². The first-order valence-electron chi connectivity index (χ1n) is 13.3. The van der Waals surface area contributed by atoms with Crippen molar-refractivity contribution in [1.29, 1.82) is 0 Å². The minimum absolute atomic E-state index is 0.0107. The summed E-state index contributed by atoms with van der Waals surface area (Å²) in [6.45, 7) is 7.16. The maximum Gasteiger partial charge on any atom is 0.272 e. The fourth-order valence-electron chi connectivity index (χ4n) is 4.58. The van der Waals surface area contributed by atoms with Crippen LogP contribution in [0.2, 0.25) is 0 Å². The molecule has 0 radical (unpaired) electrons. The Bertz CT molecular complexity index is 1640. The summed E-state index contributed by atoms with van der Waals surface area (Å²) in [4.78, 5) is 24.9. The highest BCUT2D eigenvalue weighted by Crippen LogP contribution is 2.42. The van der Waals surface area contributed by atoms with Gasteiger partial charge in [0.2, 0.25) is 0 Å². The average molecular weight is 581 g/mol. The van der Waals surface area contributed by atoms with E-state index in [4.69, 9.17) is 18.9 Å². The van der Waals surface area contributed by atoms with Crippen molar-refractivity contribution in [2.24, 2.45) is 0 Å². The van der Waals surface area contributed by atoms with Gasteiger partial charge < -0.3 is 24.3 Å². The predicted octanol–water partition coefficient (Wildman–Crippen LogP) is 5.95. The third kappa shape index (κ3) is 6.38. The summed E-state index contributed by atoms with van der Waals surface area (Å²) in [5, 5.41) is 6.52. The van der Waals surface area contributed by atoms with Crippen LogP contribution in [0.4, 0.5) is 20.2 Å². The highest BCUT2D eigenvalue weighted by Gasteiger charge is 2.29. The van der Waals surface area contributed by atoms with E-state index in [0.717, 1.165) is 17.7 Å². The quantitative estimate of drug-likeness (QED) is 0.210. The number of rotatable bonds is 11. The maximum absolute atomic E-state index is 14.1. The normalized spacial score (nSPS) is 13.0. The molecule has 2 unspecified atom stereocenters. The fourth-order valence-corrected chi connectivity index (χ4v) is 4.58. The zero-order valence-corrected chi connectivity index (χ0v) is 24.6. The molecule has 222 valence electrons. The molecule has 2 atom stereocenters. The molecule has 8 nitrogen and oxygen atoms in total. The minimum atomic E-state index is -0.944. The molecule has 0 saturated carbocycles. The van der Waals surface area contributed by atoms with Crippen molar-refractivity contribution < 1.29 is 27.7 Å². The summed E-state index contributed by atoms with van der Waals surface area (Å²) in [5.74, 6) is -0.612. The molecule has 4 aromatic rings. The Hall–Kier alpha value is -4.44. The van der Waals surface area contributed by atoms with Gasteiger partial charge in [0, 0.05) is 6.04 Å². The first kappa shape index (κ1) is 30.5. The monoisotopic (exact) mass is 580 g/mol. The number of hydrogen-bond donors (Lipinski definition) is 2. The summed E-state index contributed by atoms with van der Waals surface area (Å²) in [6.07, 6.45) is 0. The molecule has 42 heavy (non-hydrogen) atoms. The molecule has 0 aliphatic carbocycles. The molecule has 0 spiro atoms. The van der Waals surface area contributed by atoms with Crippen LogP contribution < -0.4 is 40.4 Å². The number of hydrogen-bond acceptors (Lipinski definition) is 8. The van der Waals surface area contributed by atoms with Gasteiger partial charge in [-0.1, -0.05) is 18.2 Å². The first-order valence-corrected chi connectivity index (χ1v) is 13.3. The third-order valence-corrected chi connectivity index (χ3v) is 6.68. The molecule has 0 aliphatic rings. The molecule has 0 aromatic heterocycles. The predicted molar refractivity (Wildman–Crippen MR) is 157 cm³/mol. The van der Waals surface area contributed by atoms with Crippen LogP contribution in [0.5, 0.6) is 23.0 Å². The smallest absolute Gasteiger partial charge is 0.272 e. The summed E-state index contributed by atoms with van der Waals surface area (Å²) in [7, 11) is 4.51. The van der Waals surface area contributed by atoms with E-state index in [1.54, 1.807) is 40.0 Å². The fraction of sp³-hybridized carbons (Fsp3) is 0.312. The molecule has 0 saturated heterocycles. The lowest BCUT2D eigenvalue weighted by atomic mass is 9.95. The molecule has 4 rings (SSSR count). The van der Waals surface area contributed by atoms with Crippen LogP contribution in [-0.2, 0) is 0 Å². The van der Waals surface area contributed by atoms with Gasteiger partial charge >= 0.3 is 0 Å². The van der Waals surface area contributed by atoms with Gasteiger partial charge in [-0.2, -0.15) is 0 Å². The largest absolute Gasteiger partial charge is 0.497 e. The lowest BCUT2D eigenvalue weighted by Crippen LogP contribution is -2.39. The second-order valence-corrected chi connectivity index (χ2v) is 10.8. The molecule has 0 aliphatic heterocycles. The minimum Gasteiger partial charge on any atom is -0.497 e. The zero-order valence-electron chi connectivity index (χ0n) is 24.6. The number of ether oxygens (including phenoxy) is 4. The van der Waals surface area contributed by atoms with Gasteiger partial charge in [-0.25, -0.2) is 8.78 Å². The highest BCUT2D eigenvalue weighted by atomic mass is 19.2. The Morgan fingerprint density at radius 1 is 0.738 bits per heavy atom. The Kier molecular flexibility index (Phi) is 8.86. The van der Waals surface area contributed by atoms with E-state index in [9.17, 15) is 18.4 Å². The summed E-state index contributed by atoms with van der Waals surface area (Å²) in [6, 6.07) is 13.8. The van der Waals surface area contributed by atoms with Gasteiger partial charge in [-0.15, -0.1) is 0 Å². The number of benzene rings is 3. The van der Waals surface area contributed by atoms with Crippen molar-refractivity contribution in [3.63, 3.8) is 0 Å². The molecular weight excluding hydrogens is 546 g/mol. The van der Waals surface area contributed by atoms with Gasteiger partial charge in [-0.3, -0.25) is 14.9 Å². The van der Waals surface area contributed by atoms with Gasteiger partial charge in [0.1, 0.15) is 17.0 Å². The van der Waals surface area contributed by atoms with Crippen LogP contribution in [0.3, 0.4) is 0 Å². The summed E-state index contributed by atoms with van der Waals surface area (Å²) < 4.78 is 50.0. The van der Waals surface area contributed by atoms with E-state index >= 15 is 0 Å². The third-order valence-electron chi connectivity index (χ3n) is 6.68. The molecule has 2 N–H and O–H groups in total. The van der Waals surface area contributed by atoms with Crippen molar-refractivity contribution in [3.8, 4) is 23.0 Å². The molecule has 0 fully saturated rings. The van der Waals surface area contributed by atoms with Crippen LogP contribution >= 0.6 is 0 Å². The van der Waals surface area contributed by atoms with Crippen molar-refractivity contribution in [1.82, 2.24) is 5.32 Å². The van der Waals surface area contributed by atoms with E-state index in [1.165, 1.54) is 20.3 Å². The topological polar surface area (TPSA) is 95.1 Å². The Balaban J connectivity index is 1.82. The van der Waals surface area contributed by atoms with E-state index in [2.05, 4.69) is 10.6 Å². The van der Waals surface area contributed by atoms with Crippen LogP contribution in [0, 0.1) is 11.6 Å². The van der Waals surface area contributed by atoms with Gasteiger partial charge in [0.05, 0.1) is 33.1 Å². The van der Waals surface area contributed by atoms with Crippen molar-refractivity contribution >= 4 is 11.4 Å². The Labute approximate surface area is 242 Å². The number of anilines is 2. The first-order chi connectivity index (χ1) is 19.9. The molecule has 4 aromatic carbocycles. The summed E-state index contributed by atoms with van der Waals surface area (Å²) in [5.41, 5.74) is 0.293. The second kappa shape index (κ2) is 12.2. The molecule has 10 heteroatoms. The van der Waals surface area contributed by atoms with Crippen molar-refractivity contribution in [2.75, 3.05) is 26.6 Å². The average Bonchev–Trinajstić information content (AvgIpc) is 2.97. The number of halogens is 2. The Morgan fingerprint density at radius 2 is 1.40 bits per heavy atom. The van der Waals surface area contributed by atoms with Crippen LogP contribution in [0.1, 0.15) is 56.5 Å². The van der Waals surface area contributed by atoms with Crippen LogP contribution in [0.15, 0.2) is 64.2 Å². The molecule has 0 amide bonds. The van der Waals surface area contributed by atoms with Crippen LogP contribution in [0.25, 0.3) is 0 Å². The molecule has 0 bridgehead atoms. The van der Waals surface area contributed by atoms with Crippen molar-refractivity contribution in [3.05, 3.63) is 103 Å². The number of nitrogens with one attached hydrogen (secondary N) is 2. The highest BCUT2D eigenvalue weighted by molar-refractivity contribution is 5.76. The van der Waals surface area contributed by atoms with Crippen LogP contribution in [-0.4, -0.2) is 26.9 Å². The molecular formula is C32H34F2N2O6. The van der Waals surface area contributed by atoms with E-state index in [0.29, 0.717) is 34.1 Å². The second-order valence-electron chi connectivity index (χ2n) is 10.8. The maximum atomic E-state index is 14.1. The number of methoxy groups -OCH3 is 3. The van der Waals surface area contributed by atoms with E-state index in [1.807, 2.05) is 31.2 Å². The van der Waals surface area contributed by atoms with Gasteiger partial charge in [0.15, 0.2) is 28.9 Å². The Morgan fingerprint density at radius 3 is 1.98 bits per heavy atom. The lowest BCUT2D eigenvalue weighted by molar-refractivity contribution is 0.128. The standard InChI is InChI=1S/C32H34F2N2O6/c1-17(19-10-13-22(33)23(34)14-19)35-26(18-8-11-21(39-5)12-9-18)20-15-24(30(41-7)25(16-20)40-6)36-27-28(37)29(38)31(27)42-32(2,3)4/h8-17,26,35-36H,1-7H3. The lowest BCUT2D eigenvalue weighted by Gasteiger charge is -2.27. The summed E-state index contributed by atoms with van der Waals surface area (Å²) >= 11 is 0. The zero-order chi connectivity index (χ0) is 30.8. The van der Waals surface area contributed by atoms with Crippen molar-refractivity contribution in [2.45, 2.75) is 45.4 Å². The van der Waals surface area contributed by atoms with Gasteiger partial charge in [-0.05, 0) is 80.8 Å². The van der Waals surface area contributed by atoms with E-state index in [-0.39, 0.29) is 11.4 Å². The molecule has 0 heterocycles. The SMILES string of the molecule is COc1ccc(C(NC(C)c2ccc(F)c(F)c2)c2cc(Nc3c(OC(C)(C)C)c(=O)c3=O)c(OC)c(OC)c2)cc1. The van der Waals surface area contributed by atoms with E-state index < -0.39 is 40.2 Å².